The molecule has 0 bridgehead atoms. The summed E-state index contributed by atoms with van der Waals surface area (Å²) in [5, 5.41) is 0. The van der Waals surface area contributed by atoms with Crippen LogP contribution in [-0.2, 0) is 16.0 Å². The molecule has 1 saturated carbocycles. The van der Waals surface area contributed by atoms with Gasteiger partial charge in [0.25, 0.3) is 0 Å². The molecule has 9 nitrogen and oxygen atoms in total. The lowest BCUT2D eigenvalue weighted by molar-refractivity contribution is -0.134. The molecule has 1 aromatic rings. The van der Waals surface area contributed by atoms with Gasteiger partial charge in [0.2, 0.25) is 12.3 Å². The third-order valence-corrected chi connectivity index (χ3v) is 8.32. The highest BCUT2D eigenvalue weighted by molar-refractivity contribution is 5.95. The molecule has 2 amide bonds. The first-order chi connectivity index (χ1) is 17.8. The third-order valence-electron chi connectivity index (χ3n) is 8.32. The lowest BCUT2D eigenvalue weighted by Gasteiger charge is -2.37. The number of rotatable bonds is 9. The fraction of sp³-hybridized carbons (Fsp3) is 0.607. The molecule has 1 aliphatic carbocycles. The zero-order chi connectivity index (χ0) is 26.6. The van der Waals surface area contributed by atoms with E-state index >= 15 is 0 Å². The second-order valence-corrected chi connectivity index (χ2v) is 11.0. The summed E-state index contributed by atoms with van der Waals surface area (Å²) in [6.45, 7) is 10.1. The molecule has 0 aromatic heterocycles. The van der Waals surface area contributed by atoms with Crippen LogP contribution in [0.5, 0.6) is 0 Å². The lowest BCUT2D eigenvalue weighted by Crippen LogP contribution is -2.55. The highest BCUT2D eigenvalue weighted by Crippen LogP contribution is 2.34. The van der Waals surface area contributed by atoms with E-state index < -0.39 is 5.54 Å². The molecule has 2 aliphatic heterocycles. The average Bonchev–Trinajstić information content (AvgIpc) is 3.55. The molecule has 2 unspecified atom stereocenters. The van der Waals surface area contributed by atoms with Crippen LogP contribution >= 0.6 is 0 Å². The number of amidine groups is 1. The van der Waals surface area contributed by atoms with Gasteiger partial charge in [0.15, 0.2) is 0 Å². The maximum atomic E-state index is 12.5. The van der Waals surface area contributed by atoms with E-state index in [0.717, 1.165) is 56.8 Å². The van der Waals surface area contributed by atoms with Gasteiger partial charge in [0, 0.05) is 64.2 Å². The van der Waals surface area contributed by atoms with Crippen LogP contribution in [0.2, 0.25) is 0 Å². The maximum Gasteiger partial charge on any atom is 0.242 e. The largest absolute Gasteiger partial charge is 0.353 e. The number of nitrogens with zero attached hydrogens (tertiary/aromatic N) is 5. The molecule has 4 rings (SSSR count). The van der Waals surface area contributed by atoms with Crippen LogP contribution in [0.3, 0.4) is 0 Å². The van der Waals surface area contributed by atoms with Gasteiger partial charge in [-0.05, 0) is 68.3 Å². The molecular formula is C28H43N7O2. The van der Waals surface area contributed by atoms with Crippen molar-refractivity contribution in [1.29, 1.82) is 0 Å². The second-order valence-electron chi connectivity index (χ2n) is 11.0. The molecule has 3 atom stereocenters. The molecule has 0 radical (unpaired) electrons. The number of aliphatic imine (C=N–C) groups is 1. The van der Waals surface area contributed by atoms with E-state index in [2.05, 4.69) is 40.8 Å². The fourth-order valence-electron chi connectivity index (χ4n) is 5.47. The molecule has 3 aliphatic rings. The zero-order valence-electron chi connectivity index (χ0n) is 22.6. The first-order valence-corrected chi connectivity index (χ1v) is 13.5. The highest BCUT2D eigenvalue weighted by atomic mass is 16.2. The van der Waals surface area contributed by atoms with Crippen molar-refractivity contribution in [2.24, 2.45) is 28.3 Å². The zero-order valence-corrected chi connectivity index (χ0v) is 22.6. The van der Waals surface area contributed by atoms with Crippen LogP contribution in [0.25, 0.3) is 0 Å². The monoisotopic (exact) mass is 509 g/mol. The minimum atomic E-state index is -0.623. The molecule has 0 spiro atoms. The van der Waals surface area contributed by atoms with Crippen molar-refractivity contribution in [3.05, 3.63) is 42.1 Å². The maximum absolute atomic E-state index is 12.5. The predicted octanol–water partition coefficient (Wildman–Crippen LogP) is 1.28. The summed E-state index contributed by atoms with van der Waals surface area (Å²) in [6.07, 6.45) is 6.95. The summed E-state index contributed by atoms with van der Waals surface area (Å²) in [7, 11) is 1.74. The molecule has 202 valence electrons. The van der Waals surface area contributed by atoms with E-state index in [1.54, 1.807) is 18.1 Å². The Kier molecular flexibility index (Phi) is 8.67. The molecule has 4 N–H and O–H groups in total. The van der Waals surface area contributed by atoms with Crippen molar-refractivity contribution in [2.45, 2.75) is 44.7 Å². The molecule has 2 heterocycles. The number of nitrogens with two attached hydrogens (primary N) is 2. The quantitative estimate of drug-likeness (QED) is 0.295. The fourth-order valence-corrected chi connectivity index (χ4v) is 5.47. The van der Waals surface area contributed by atoms with Crippen LogP contribution in [0.15, 0.2) is 41.5 Å². The summed E-state index contributed by atoms with van der Waals surface area (Å²) in [6, 6.07) is 8.63. The Bertz CT molecular complexity index is 996. The second kappa shape index (κ2) is 11.8. The van der Waals surface area contributed by atoms with Gasteiger partial charge in [0.1, 0.15) is 5.84 Å². The van der Waals surface area contributed by atoms with E-state index in [1.165, 1.54) is 5.56 Å². The Morgan fingerprint density at radius 3 is 2.35 bits per heavy atom. The molecule has 37 heavy (non-hydrogen) atoms. The predicted molar refractivity (Wildman–Crippen MR) is 148 cm³/mol. The number of hydrogen-bond donors (Lipinski definition) is 2. The summed E-state index contributed by atoms with van der Waals surface area (Å²) in [5.74, 6) is 2.08. The normalized spacial score (nSPS) is 24.9. The number of benzene rings is 1. The van der Waals surface area contributed by atoms with Crippen molar-refractivity contribution in [3.63, 3.8) is 0 Å². The lowest BCUT2D eigenvalue weighted by atomic mass is 9.99. The van der Waals surface area contributed by atoms with Crippen LogP contribution in [0, 0.1) is 11.8 Å². The summed E-state index contributed by atoms with van der Waals surface area (Å²) in [5.41, 5.74) is 13.5. The smallest absolute Gasteiger partial charge is 0.242 e. The van der Waals surface area contributed by atoms with Crippen molar-refractivity contribution in [1.82, 2.24) is 14.7 Å². The summed E-state index contributed by atoms with van der Waals surface area (Å²) >= 11 is 0. The SMILES string of the molecule is C/N=C(\C=C/N(C=O)c1ccc(CC(C)N2CC(C)[C@H](CN)C2)cc1)N1CCN(C(=O)C2(N)CC2)CC1. The number of carbonyl (C=O) groups excluding carboxylic acids is 2. The van der Waals surface area contributed by atoms with Crippen molar-refractivity contribution < 1.29 is 9.59 Å². The van der Waals surface area contributed by atoms with Gasteiger partial charge in [0.05, 0.1) is 5.54 Å². The Labute approximate surface area is 221 Å². The first-order valence-electron chi connectivity index (χ1n) is 13.5. The first kappa shape index (κ1) is 27.3. The molecule has 9 heteroatoms. The highest BCUT2D eigenvalue weighted by Gasteiger charge is 2.48. The van der Waals surface area contributed by atoms with Crippen LogP contribution in [0.4, 0.5) is 5.69 Å². The van der Waals surface area contributed by atoms with Crippen LogP contribution < -0.4 is 16.4 Å². The number of piperazine rings is 1. The minimum absolute atomic E-state index is 0.0670. The third kappa shape index (κ3) is 6.40. The van der Waals surface area contributed by atoms with Crippen molar-refractivity contribution in [2.75, 3.05) is 57.8 Å². The van der Waals surface area contributed by atoms with Gasteiger partial charge in [-0.3, -0.25) is 24.4 Å². The Morgan fingerprint density at radius 2 is 1.81 bits per heavy atom. The summed E-state index contributed by atoms with van der Waals surface area (Å²) in [4.78, 5) is 36.9. The van der Waals surface area contributed by atoms with Crippen molar-refractivity contribution in [3.8, 4) is 0 Å². The van der Waals surface area contributed by atoms with Crippen LogP contribution in [-0.4, -0.2) is 97.3 Å². The van der Waals surface area contributed by atoms with Gasteiger partial charge in [-0.25, -0.2) is 0 Å². The van der Waals surface area contributed by atoms with Gasteiger partial charge < -0.3 is 21.3 Å². The van der Waals surface area contributed by atoms with E-state index in [1.807, 2.05) is 23.1 Å². The number of likely N-dealkylation sites (tertiary alicyclic amines) is 1. The van der Waals surface area contributed by atoms with E-state index in [9.17, 15) is 9.59 Å². The number of amides is 2. The molecule has 2 saturated heterocycles. The Balaban J connectivity index is 1.31. The molecular weight excluding hydrogens is 466 g/mol. The van der Waals surface area contributed by atoms with Gasteiger partial charge in [-0.2, -0.15) is 0 Å². The van der Waals surface area contributed by atoms with E-state index in [-0.39, 0.29) is 5.91 Å². The van der Waals surface area contributed by atoms with E-state index in [0.29, 0.717) is 44.1 Å². The average molecular weight is 510 g/mol. The number of hydrogen-bond acceptors (Lipinski definition) is 6. The summed E-state index contributed by atoms with van der Waals surface area (Å²) < 4.78 is 0. The molecule has 3 fully saturated rings. The minimum Gasteiger partial charge on any atom is -0.353 e. The van der Waals surface area contributed by atoms with Crippen molar-refractivity contribution >= 4 is 23.8 Å². The Hall–Kier alpha value is -2.75. The number of carbonyl (C=O) groups is 2. The van der Waals surface area contributed by atoms with Crippen LogP contribution in [0.1, 0.15) is 32.3 Å². The van der Waals surface area contributed by atoms with Gasteiger partial charge in [-0.1, -0.05) is 19.1 Å². The van der Waals surface area contributed by atoms with Gasteiger partial charge in [-0.15, -0.1) is 0 Å². The topological polar surface area (TPSA) is 111 Å². The van der Waals surface area contributed by atoms with E-state index in [4.69, 9.17) is 11.5 Å². The van der Waals surface area contributed by atoms with Gasteiger partial charge >= 0.3 is 0 Å². The standard InChI is InChI=1S/C28H43N7O2/c1-21-18-35(19-24(21)17-29)22(2)16-23-4-6-25(7-5-23)34(20-36)11-8-26(31-3)32-12-14-33(15-13-32)27(37)28(30)9-10-28/h4-8,11,20-22,24H,9-10,12-19,29-30H2,1-3H3/b11-8-,31-26+/t21?,22?,24-/m1/s1. The Morgan fingerprint density at radius 1 is 1.16 bits per heavy atom. The molecule has 1 aromatic carbocycles. The number of anilines is 1.